The number of nitrogens with zero attached hydrogens (tertiary/aromatic N) is 2. The zero-order valence-corrected chi connectivity index (χ0v) is 12.2. The first-order valence-electron chi connectivity index (χ1n) is 6.30. The molecule has 0 N–H and O–H groups in total. The first-order valence-corrected chi connectivity index (χ1v) is 6.74. The van der Waals surface area contributed by atoms with Gasteiger partial charge in [-0.05, 0) is 39.3 Å². The number of halogens is 3. The second-order valence-electron chi connectivity index (χ2n) is 5.32. The maximum atomic E-state index is 14.1. The van der Waals surface area contributed by atoms with Crippen LogP contribution in [0.3, 0.4) is 0 Å². The maximum absolute atomic E-state index is 14.1. The summed E-state index contributed by atoms with van der Waals surface area (Å²) in [6, 6.07) is 2.58. The summed E-state index contributed by atoms with van der Waals surface area (Å²) in [6.45, 7) is 7.69. The smallest absolute Gasteiger partial charge is 0.184 e. The molecule has 104 valence electrons. The second-order valence-corrected chi connectivity index (χ2v) is 5.97. The molecule has 0 aliphatic carbocycles. The fourth-order valence-corrected chi connectivity index (χ4v) is 2.30. The quantitative estimate of drug-likeness (QED) is 0.744. The molecular formula is C14H17ClF2N2. The summed E-state index contributed by atoms with van der Waals surface area (Å²) in [5, 5.41) is -0.374. The first kappa shape index (κ1) is 14.3. The Bertz CT molecular complexity index is 617. The van der Waals surface area contributed by atoms with Crippen molar-refractivity contribution in [1.29, 1.82) is 0 Å². The van der Waals surface area contributed by atoms with E-state index >= 15 is 0 Å². The molecule has 1 heterocycles. The Morgan fingerprint density at radius 3 is 2.53 bits per heavy atom. The fourth-order valence-electron chi connectivity index (χ4n) is 2.16. The van der Waals surface area contributed by atoms with Crippen molar-refractivity contribution >= 4 is 22.6 Å². The van der Waals surface area contributed by atoms with Gasteiger partial charge in [-0.15, -0.1) is 11.6 Å². The minimum absolute atomic E-state index is 0.189. The van der Waals surface area contributed by atoms with E-state index < -0.39 is 11.6 Å². The lowest BCUT2D eigenvalue weighted by Crippen LogP contribution is -2.27. The molecule has 0 saturated carbocycles. The van der Waals surface area contributed by atoms with Gasteiger partial charge >= 0.3 is 0 Å². The van der Waals surface area contributed by atoms with Crippen molar-refractivity contribution in [3.63, 3.8) is 0 Å². The lowest BCUT2D eigenvalue weighted by atomic mass is 10.0. The van der Waals surface area contributed by atoms with E-state index in [0.717, 1.165) is 12.5 Å². The molecule has 0 saturated heterocycles. The van der Waals surface area contributed by atoms with E-state index in [9.17, 15) is 8.78 Å². The Morgan fingerprint density at radius 1 is 1.37 bits per heavy atom. The third-order valence-electron chi connectivity index (χ3n) is 3.56. The van der Waals surface area contributed by atoms with Crippen molar-refractivity contribution in [3.8, 4) is 0 Å². The van der Waals surface area contributed by atoms with Crippen molar-refractivity contribution in [2.75, 3.05) is 0 Å². The summed E-state index contributed by atoms with van der Waals surface area (Å²) in [4.78, 5) is 4.35. The highest BCUT2D eigenvalue weighted by Gasteiger charge is 2.28. The number of aromatic nitrogens is 2. The van der Waals surface area contributed by atoms with Gasteiger partial charge in [0.25, 0.3) is 0 Å². The minimum atomic E-state index is -0.866. The van der Waals surface area contributed by atoms with E-state index in [0.29, 0.717) is 11.3 Å². The van der Waals surface area contributed by atoms with Crippen LogP contribution in [0.1, 0.15) is 45.3 Å². The van der Waals surface area contributed by atoms with Gasteiger partial charge in [-0.25, -0.2) is 13.8 Å². The summed E-state index contributed by atoms with van der Waals surface area (Å²) in [6.07, 6.45) is 0.755. The molecule has 2 rings (SSSR count). The van der Waals surface area contributed by atoms with Crippen molar-refractivity contribution in [1.82, 2.24) is 9.55 Å². The van der Waals surface area contributed by atoms with Crippen LogP contribution in [0, 0.1) is 11.6 Å². The molecule has 5 heteroatoms. The topological polar surface area (TPSA) is 17.8 Å². The van der Waals surface area contributed by atoms with Crippen LogP contribution in [0.4, 0.5) is 8.78 Å². The first-order chi connectivity index (χ1) is 8.79. The molecule has 1 aromatic heterocycles. The predicted octanol–water partition coefficient (Wildman–Crippen LogP) is 4.76. The van der Waals surface area contributed by atoms with Crippen molar-refractivity contribution < 1.29 is 8.78 Å². The summed E-state index contributed by atoms with van der Waals surface area (Å²) >= 11 is 6.14. The Labute approximate surface area is 116 Å². The Hall–Kier alpha value is -1.16. The Morgan fingerprint density at radius 2 is 2.00 bits per heavy atom. The van der Waals surface area contributed by atoms with E-state index in [1.807, 2.05) is 20.8 Å². The normalized spacial score (nSPS) is 14.1. The van der Waals surface area contributed by atoms with Gasteiger partial charge in [-0.1, -0.05) is 6.92 Å². The van der Waals surface area contributed by atoms with Crippen LogP contribution in [0.15, 0.2) is 12.1 Å². The minimum Gasteiger partial charge on any atom is -0.319 e. The molecule has 0 fully saturated rings. The lowest BCUT2D eigenvalue weighted by Gasteiger charge is -2.28. The third kappa shape index (κ3) is 2.22. The SMILES string of the molecule is CCC(C)(C)n1c(C(C)Cl)nc2ccc(F)c(F)c21. The van der Waals surface area contributed by atoms with Crippen molar-refractivity contribution in [2.45, 2.75) is 45.0 Å². The summed E-state index contributed by atoms with van der Waals surface area (Å²) in [5.41, 5.74) is 0.235. The zero-order chi connectivity index (χ0) is 14.4. The molecule has 0 aliphatic heterocycles. The van der Waals surface area contributed by atoms with Gasteiger partial charge in [0.2, 0.25) is 0 Å². The molecule has 19 heavy (non-hydrogen) atoms. The molecule has 0 spiro atoms. The van der Waals surface area contributed by atoms with E-state index in [1.165, 1.54) is 6.07 Å². The van der Waals surface area contributed by atoms with Crippen LogP contribution >= 0.6 is 11.6 Å². The van der Waals surface area contributed by atoms with Crippen LogP contribution in [0.2, 0.25) is 0 Å². The largest absolute Gasteiger partial charge is 0.319 e. The van der Waals surface area contributed by atoms with Crippen LogP contribution in [-0.2, 0) is 5.54 Å². The fraction of sp³-hybridized carbons (Fsp3) is 0.500. The number of benzene rings is 1. The molecule has 1 unspecified atom stereocenters. The second kappa shape index (κ2) is 4.75. The molecule has 0 radical (unpaired) electrons. The van der Waals surface area contributed by atoms with Crippen LogP contribution in [-0.4, -0.2) is 9.55 Å². The van der Waals surface area contributed by atoms with Gasteiger partial charge in [0.15, 0.2) is 11.6 Å². The highest BCUT2D eigenvalue weighted by Crippen LogP contribution is 2.34. The number of imidazole rings is 1. The van der Waals surface area contributed by atoms with Crippen LogP contribution in [0.5, 0.6) is 0 Å². The average molecular weight is 287 g/mol. The molecule has 1 aromatic carbocycles. The number of fused-ring (bicyclic) bond motifs is 1. The average Bonchev–Trinajstić information content (AvgIpc) is 2.75. The highest BCUT2D eigenvalue weighted by atomic mass is 35.5. The predicted molar refractivity (Wildman–Crippen MR) is 73.5 cm³/mol. The number of rotatable bonds is 3. The monoisotopic (exact) mass is 286 g/mol. The molecular weight excluding hydrogens is 270 g/mol. The van der Waals surface area contributed by atoms with Crippen molar-refractivity contribution in [3.05, 3.63) is 29.6 Å². The molecule has 0 amide bonds. The molecule has 1 atom stereocenters. The van der Waals surface area contributed by atoms with Gasteiger partial charge in [0.1, 0.15) is 11.3 Å². The molecule has 0 aliphatic rings. The van der Waals surface area contributed by atoms with E-state index in [4.69, 9.17) is 11.6 Å². The zero-order valence-electron chi connectivity index (χ0n) is 11.5. The standard InChI is InChI=1S/C14H17ClF2N2/c1-5-14(3,4)19-12-10(18-13(19)8(2)15)7-6-9(16)11(12)17/h6-8H,5H2,1-4H3. The van der Waals surface area contributed by atoms with Crippen molar-refractivity contribution in [2.24, 2.45) is 0 Å². The van der Waals surface area contributed by atoms with Gasteiger partial charge in [-0.3, -0.25) is 0 Å². The van der Waals surface area contributed by atoms with E-state index in [-0.39, 0.29) is 16.4 Å². The molecule has 2 aromatic rings. The van der Waals surface area contributed by atoms with Crippen LogP contribution in [0.25, 0.3) is 11.0 Å². The highest BCUT2D eigenvalue weighted by molar-refractivity contribution is 6.20. The van der Waals surface area contributed by atoms with E-state index in [1.54, 1.807) is 11.5 Å². The maximum Gasteiger partial charge on any atom is 0.184 e. The lowest BCUT2D eigenvalue weighted by molar-refractivity contribution is 0.337. The Balaban J connectivity index is 2.91. The summed E-state index contributed by atoms with van der Waals surface area (Å²) in [5.74, 6) is -1.17. The van der Waals surface area contributed by atoms with Gasteiger partial charge in [0, 0.05) is 5.54 Å². The van der Waals surface area contributed by atoms with Crippen LogP contribution < -0.4 is 0 Å². The van der Waals surface area contributed by atoms with E-state index in [2.05, 4.69) is 4.98 Å². The summed E-state index contributed by atoms with van der Waals surface area (Å²) in [7, 11) is 0. The van der Waals surface area contributed by atoms with Gasteiger partial charge in [0.05, 0.1) is 10.9 Å². The molecule has 2 nitrogen and oxygen atoms in total. The number of hydrogen-bond donors (Lipinski definition) is 0. The van der Waals surface area contributed by atoms with Gasteiger partial charge < -0.3 is 4.57 Å². The number of hydrogen-bond acceptors (Lipinski definition) is 1. The number of alkyl halides is 1. The molecule has 0 bridgehead atoms. The Kier molecular flexibility index (Phi) is 3.56. The summed E-state index contributed by atoms with van der Waals surface area (Å²) < 4.78 is 29.3. The third-order valence-corrected chi connectivity index (χ3v) is 3.76. The van der Waals surface area contributed by atoms with Gasteiger partial charge in [-0.2, -0.15) is 0 Å².